The molecule has 0 N–H and O–H groups in total. The monoisotopic (exact) mass is 396 g/mol. The first-order valence-electron chi connectivity index (χ1n) is 9.52. The summed E-state index contributed by atoms with van der Waals surface area (Å²) in [6, 6.07) is 2.03. The first-order valence-corrected chi connectivity index (χ1v) is 11.0. The minimum absolute atomic E-state index is 0.0199. The SMILES string of the molecule is Cc1cc(C)c(C)c(S(=O)(=O)N2CCN(C(=O)CCOC(C)C)CC2)c1C. The van der Waals surface area contributed by atoms with Gasteiger partial charge >= 0.3 is 0 Å². The van der Waals surface area contributed by atoms with E-state index in [4.69, 9.17) is 4.74 Å². The van der Waals surface area contributed by atoms with Crippen molar-refractivity contribution in [2.45, 2.75) is 59.0 Å². The largest absolute Gasteiger partial charge is 0.378 e. The van der Waals surface area contributed by atoms with E-state index < -0.39 is 10.0 Å². The lowest BCUT2D eigenvalue weighted by molar-refractivity contribution is -0.133. The summed E-state index contributed by atoms with van der Waals surface area (Å²) in [6.07, 6.45) is 0.435. The number of benzene rings is 1. The van der Waals surface area contributed by atoms with Gasteiger partial charge in [0.1, 0.15) is 0 Å². The van der Waals surface area contributed by atoms with Crippen molar-refractivity contribution in [2.24, 2.45) is 0 Å². The maximum absolute atomic E-state index is 13.3. The van der Waals surface area contributed by atoms with Gasteiger partial charge in [-0.1, -0.05) is 6.07 Å². The molecule has 6 nitrogen and oxygen atoms in total. The third kappa shape index (κ3) is 4.89. The number of piperazine rings is 1. The minimum Gasteiger partial charge on any atom is -0.378 e. The summed E-state index contributed by atoms with van der Waals surface area (Å²) in [7, 11) is -3.58. The number of carbonyl (C=O) groups excluding carboxylic acids is 1. The maximum Gasteiger partial charge on any atom is 0.243 e. The highest BCUT2D eigenvalue weighted by Crippen LogP contribution is 2.29. The molecule has 1 aromatic carbocycles. The second-order valence-electron chi connectivity index (χ2n) is 7.54. The number of carbonyl (C=O) groups is 1. The van der Waals surface area contributed by atoms with Crippen LogP contribution in [0.2, 0.25) is 0 Å². The van der Waals surface area contributed by atoms with Gasteiger partial charge in [-0.05, 0) is 63.8 Å². The Bertz CT molecular complexity index is 768. The summed E-state index contributed by atoms with van der Waals surface area (Å²) in [4.78, 5) is 14.4. The summed E-state index contributed by atoms with van der Waals surface area (Å²) >= 11 is 0. The van der Waals surface area contributed by atoms with E-state index >= 15 is 0 Å². The Morgan fingerprint density at radius 3 is 2.04 bits per heavy atom. The fourth-order valence-corrected chi connectivity index (χ4v) is 5.41. The van der Waals surface area contributed by atoms with Gasteiger partial charge in [-0.2, -0.15) is 4.31 Å². The molecule has 27 heavy (non-hydrogen) atoms. The lowest BCUT2D eigenvalue weighted by Gasteiger charge is -2.35. The highest BCUT2D eigenvalue weighted by Gasteiger charge is 2.32. The normalized spacial score (nSPS) is 16.2. The summed E-state index contributed by atoms with van der Waals surface area (Å²) in [6.45, 7) is 13.4. The number of hydrogen-bond donors (Lipinski definition) is 0. The standard InChI is InChI=1S/C20H32N2O4S/c1-14(2)26-12-7-19(23)21-8-10-22(11-9-21)27(24,25)20-17(5)15(3)13-16(4)18(20)6/h13-14H,7-12H2,1-6H3. The lowest BCUT2D eigenvalue weighted by atomic mass is 10.0. The van der Waals surface area contributed by atoms with Crippen LogP contribution in [0.4, 0.5) is 0 Å². The van der Waals surface area contributed by atoms with Gasteiger partial charge in [0.05, 0.1) is 24.0 Å². The van der Waals surface area contributed by atoms with Crippen molar-refractivity contribution in [1.29, 1.82) is 0 Å². The summed E-state index contributed by atoms with van der Waals surface area (Å²) in [5, 5.41) is 0. The van der Waals surface area contributed by atoms with Gasteiger partial charge in [0, 0.05) is 26.2 Å². The van der Waals surface area contributed by atoms with E-state index in [1.807, 2.05) is 47.6 Å². The lowest BCUT2D eigenvalue weighted by Crippen LogP contribution is -2.50. The van der Waals surface area contributed by atoms with Crippen LogP contribution in [0.1, 0.15) is 42.5 Å². The van der Waals surface area contributed by atoms with Gasteiger partial charge in [0.15, 0.2) is 0 Å². The van der Waals surface area contributed by atoms with Crippen molar-refractivity contribution >= 4 is 15.9 Å². The quantitative estimate of drug-likeness (QED) is 0.741. The Kier molecular flexibility index (Phi) is 7.05. The molecule has 0 atom stereocenters. The number of rotatable bonds is 6. The smallest absolute Gasteiger partial charge is 0.243 e. The molecular weight excluding hydrogens is 364 g/mol. The van der Waals surface area contributed by atoms with E-state index in [9.17, 15) is 13.2 Å². The Labute approximate surface area is 163 Å². The van der Waals surface area contributed by atoms with Crippen LogP contribution in [0, 0.1) is 27.7 Å². The molecule has 1 fully saturated rings. The zero-order valence-corrected chi connectivity index (χ0v) is 18.1. The van der Waals surface area contributed by atoms with Gasteiger partial charge in [0.25, 0.3) is 0 Å². The average molecular weight is 397 g/mol. The third-order valence-corrected chi connectivity index (χ3v) is 7.43. The zero-order chi connectivity index (χ0) is 20.4. The first-order chi connectivity index (χ1) is 12.6. The van der Waals surface area contributed by atoms with Crippen LogP contribution in [0.25, 0.3) is 0 Å². The number of hydrogen-bond acceptors (Lipinski definition) is 4. The van der Waals surface area contributed by atoms with Gasteiger partial charge in [-0.25, -0.2) is 8.42 Å². The van der Waals surface area contributed by atoms with Crippen molar-refractivity contribution in [3.63, 3.8) is 0 Å². The molecule has 7 heteroatoms. The third-order valence-electron chi connectivity index (χ3n) is 5.25. The molecule has 1 aliphatic rings. The van der Waals surface area contributed by atoms with Crippen LogP contribution in [0.5, 0.6) is 0 Å². The zero-order valence-electron chi connectivity index (χ0n) is 17.3. The molecule has 0 aromatic heterocycles. The first kappa shape index (κ1) is 21.9. The fraction of sp³-hybridized carbons (Fsp3) is 0.650. The van der Waals surface area contributed by atoms with E-state index in [1.54, 1.807) is 4.90 Å². The Morgan fingerprint density at radius 1 is 1.04 bits per heavy atom. The van der Waals surface area contributed by atoms with E-state index in [2.05, 4.69) is 0 Å². The number of amides is 1. The van der Waals surface area contributed by atoms with Crippen LogP contribution >= 0.6 is 0 Å². The van der Waals surface area contributed by atoms with Crippen molar-refractivity contribution in [1.82, 2.24) is 9.21 Å². The molecule has 0 saturated carbocycles. The number of sulfonamides is 1. The highest BCUT2D eigenvalue weighted by molar-refractivity contribution is 7.89. The molecule has 0 unspecified atom stereocenters. The van der Waals surface area contributed by atoms with Crippen molar-refractivity contribution < 1.29 is 17.9 Å². The Balaban J connectivity index is 2.09. The van der Waals surface area contributed by atoms with Crippen LogP contribution in [-0.2, 0) is 19.6 Å². The van der Waals surface area contributed by atoms with Gasteiger partial charge in [0.2, 0.25) is 15.9 Å². The van der Waals surface area contributed by atoms with E-state index in [-0.39, 0.29) is 12.0 Å². The predicted molar refractivity (Wildman–Crippen MR) is 106 cm³/mol. The van der Waals surface area contributed by atoms with Gasteiger partial charge in [-0.15, -0.1) is 0 Å². The molecule has 1 heterocycles. The van der Waals surface area contributed by atoms with Crippen LogP contribution in [0.15, 0.2) is 11.0 Å². The van der Waals surface area contributed by atoms with Gasteiger partial charge in [-0.3, -0.25) is 4.79 Å². The minimum atomic E-state index is -3.58. The molecule has 0 bridgehead atoms. The maximum atomic E-state index is 13.3. The number of nitrogens with zero attached hydrogens (tertiary/aromatic N) is 2. The summed E-state index contributed by atoms with van der Waals surface area (Å²) in [5.74, 6) is 0.0199. The molecule has 1 aliphatic heterocycles. The summed E-state index contributed by atoms with van der Waals surface area (Å²) < 4.78 is 33.5. The molecule has 0 radical (unpaired) electrons. The second kappa shape index (κ2) is 8.71. The van der Waals surface area contributed by atoms with Gasteiger partial charge < -0.3 is 9.64 Å². The van der Waals surface area contributed by atoms with Crippen LogP contribution in [-0.4, -0.2) is 62.4 Å². The average Bonchev–Trinajstić information content (AvgIpc) is 2.59. The van der Waals surface area contributed by atoms with E-state index in [0.29, 0.717) is 44.1 Å². The predicted octanol–water partition coefficient (Wildman–Crippen LogP) is 2.57. The molecule has 1 amide bonds. The number of aryl methyl sites for hydroxylation is 2. The Hall–Kier alpha value is -1.44. The molecule has 2 rings (SSSR count). The number of ether oxygens (including phenoxy) is 1. The topological polar surface area (TPSA) is 66.9 Å². The fourth-order valence-electron chi connectivity index (χ4n) is 3.41. The van der Waals surface area contributed by atoms with Crippen molar-refractivity contribution in [3.05, 3.63) is 28.3 Å². The van der Waals surface area contributed by atoms with Crippen LogP contribution < -0.4 is 0 Å². The van der Waals surface area contributed by atoms with E-state index in [0.717, 1.165) is 22.3 Å². The molecule has 0 spiro atoms. The highest BCUT2D eigenvalue weighted by atomic mass is 32.2. The van der Waals surface area contributed by atoms with E-state index in [1.165, 1.54) is 4.31 Å². The second-order valence-corrected chi connectivity index (χ2v) is 9.42. The van der Waals surface area contributed by atoms with Crippen molar-refractivity contribution in [2.75, 3.05) is 32.8 Å². The molecular formula is C20H32N2O4S. The molecule has 0 aliphatic carbocycles. The van der Waals surface area contributed by atoms with Crippen LogP contribution in [0.3, 0.4) is 0 Å². The molecule has 1 aromatic rings. The molecule has 152 valence electrons. The Morgan fingerprint density at radius 2 is 1.56 bits per heavy atom. The summed E-state index contributed by atoms with van der Waals surface area (Å²) in [5.41, 5.74) is 3.58. The van der Waals surface area contributed by atoms with Crippen molar-refractivity contribution in [3.8, 4) is 0 Å². The molecule has 1 saturated heterocycles.